The molecule has 1 aromatic carbocycles. The van der Waals surface area contributed by atoms with Crippen LogP contribution in [0.2, 0.25) is 0 Å². The van der Waals surface area contributed by atoms with Gasteiger partial charge in [0.2, 0.25) is 0 Å². The fourth-order valence-corrected chi connectivity index (χ4v) is 1.81. The lowest BCUT2D eigenvalue weighted by Gasteiger charge is -2.11. The molecule has 1 unspecified atom stereocenters. The summed E-state index contributed by atoms with van der Waals surface area (Å²) in [5, 5.41) is 0. The summed E-state index contributed by atoms with van der Waals surface area (Å²) in [5.74, 6) is 1.03. The summed E-state index contributed by atoms with van der Waals surface area (Å²) in [5.41, 5.74) is 8.35. The van der Waals surface area contributed by atoms with Crippen LogP contribution in [0.5, 0.6) is 5.75 Å². The molecule has 0 saturated carbocycles. The van der Waals surface area contributed by atoms with Crippen molar-refractivity contribution in [3.8, 4) is 5.75 Å². The van der Waals surface area contributed by atoms with Gasteiger partial charge in [-0.2, -0.15) is 0 Å². The van der Waals surface area contributed by atoms with Gasteiger partial charge in [-0.3, -0.25) is 0 Å². The van der Waals surface area contributed by atoms with Crippen molar-refractivity contribution >= 4 is 0 Å². The van der Waals surface area contributed by atoms with Crippen molar-refractivity contribution in [2.24, 2.45) is 5.73 Å². The van der Waals surface area contributed by atoms with E-state index in [1.807, 2.05) is 6.92 Å². The summed E-state index contributed by atoms with van der Waals surface area (Å²) in [4.78, 5) is 0. The van der Waals surface area contributed by atoms with Crippen molar-refractivity contribution in [3.05, 3.63) is 29.3 Å². The molecule has 1 aromatic rings. The first kappa shape index (κ1) is 13.0. The summed E-state index contributed by atoms with van der Waals surface area (Å²) in [6.45, 7) is 6.92. The molecule has 0 spiro atoms. The Balaban J connectivity index is 2.64. The number of hydrogen-bond donors (Lipinski definition) is 1. The first-order valence-electron chi connectivity index (χ1n) is 6.11. The molecule has 1 rings (SSSR count). The molecule has 0 aliphatic rings. The predicted octanol–water partition coefficient (Wildman–Crippen LogP) is 3.06. The van der Waals surface area contributed by atoms with Gasteiger partial charge in [-0.1, -0.05) is 17.7 Å². The van der Waals surface area contributed by atoms with Crippen LogP contribution in [0.4, 0.5) is 0 Å². The third-order valence-electron chi connectivity index (χ3n) is 2.62. The van der Waals surface area contributed by atoms with E-state index in [9.17, 15) is 0 Å². The lowest BCUT2D eigenvalue weighted by atomic mass is 10.0. The monoisotopic (exact) mass is 221 g/mol. The quantitative estimate of drug-likeness (QED) is 0.801. The highest BCUT2D eigenvalue weighted by Gasteiger charge is 2.04. The third kappa shape index (κ3) is 4.23. The Morgan fingerprint density at radius 2 is 2.12 bits per heavy atom. The summed E-state index contributed by atoms with van der Waals surface area (Å²) in [6, 6.07) is 6.67. The van der Waals surface area contributed by atoms with Crippen LogP contribution in [0.25, 0.3) is 0 Å². The van der Waals surface area contributed by atoms with Crippen molar-refractivity contribution in [2.75, 3.05) is 6.61 Å². The van der Waals surface area contributed by atoms with Crippen LogP contribution in [-0.2, 0) is 6.42 Å². The Hall–Kier alpha value is -1.02. The fraction of sp³-hybridized carbons (Fsp3) is 0.571. The summed E-state index contributed by atoms with van der Waals surface area (Å²) < 4.78 is 5.62. The topological polar surface area (TPSA) is 35.2 Å². The summed E-state index contributed by atoms with van der Waals surface area (Å²) >= 11 is 0. The zero-order valence-electron chi connectivity index (χ0n) is 10.6. The first-order valence-corrected chi connectivity index (χ1v) is 6.11. The molecule has 0 aliphatic heterocycles. The normalized spacial score (nSPS) is 12.5. The molecule has 0 fully saturated rings. The zero-order chi connectivity index (χ0) is 12.0. The lowest BCUT2D eigenvalue weighted by molar-refractivity contribution is 0.336. The first-order chi connectivity index (χ1) is 7.63. The summed E-state index contributed by atoms with van der Waals surface area (Å²) in [7, 11) is 0. The Morgan fingerprint density at radius 3 is 2.75 bits per heavy atom. The molecule has 0 saturated heterocycles. The second-order valence-electron chi connectivity index (χ2n) is 4.41. The van der Waals surface area contributed by atoms with Crippen LogP contribution in [0, 0.1) is 6.92 Å². The van der Waals surface area contributed by atoms with E-state index in [-0.39, 0.29) is 0 Å². The molecule has 0 aromatic heterocycles. The summed E-state index contributed by atoms with van der Waals surface area (Å²) in [6.07, 6.45) is 3.25. The lowest BCUT2D eigenvalue weighted by Crippen LogP contribution is -2.14. The SMILES string of the molecule is CCOc1ccc(C)cc1CCCC(C)N. The van der Waals surface area contributed by atoms with Gasteiger partial charge in [0.05, 0.1) is 6.61 Å². The minimum absolute atomic E-state index is 0.292. The van der Waals surface area contributed by atoms with E-state index in [2.05, 4.69) is 32.0 Å². The van der Waals surface area contributed by atoms with Gasteiger partial charge in [-0.15, -0.1) is 0 Å². The highest BCUT2D eigenvalue weighted by atomic mass is 16.5. The maximum atomic E-state index is 5.75. The number of rotatable bonds is 6. The number of nitrogens with two attached hydrogens (primary N) is 1. The number of hydrogen-bond acceptors (Lipinski definition) is 2. The Kier molecular flexibility index (Phi) is 5.33. The fourth-order valence-electron chi connectivity index (χ4n) is 1.81. The molecule has 2 heteroatoms. The van der Waals surface area contributed by atoms with E-state index in [0.717, 1.165) is 31.6 Å². The van der Waals surface area contributed by atoms with Crippen LogP contribution in [0.3, 0.4) is 0 Å². The van der Waals surface area contributed by atoms with Crippen LogP contribution >= 0.6 is 0 Å². The average Bonchev–Trinajstić information content (AvgIpc) is 2.21. The predicted molar refractivity (Wildman–Crippen MR) is 68.9 cm³/mol. The van der Waals surface area contributed by atoms with E-state index in [0.29, 0.717) is 6.04 Å². The molecule has 0 bridgehead atoms. The molecular weight excluding hydrogens is 198 g/mol. The van der Waals surface area contributed by atoms with Gasteiger partial charge in [-0.25, -0.2) is 0 Å². The van der Waals surface area contributed by atoms with Crippen LogP contribution < -0.4 is 10.5 Å². The molecule has 0 heterocycles. The van der Waals surface area contributed by atoms with E-state index in [4.69, 9.17) is 10.5 Å². The van der Waals surface area contributed by atoms with E-state index in [1.54, 1.807) is 0 Å². The zero-order valence-corrected chi connectivity index (χ0v) is 10.6. The minimum atomic E-state index is 0.292. The standard InChI is InChI=1S/C14H23NO/c1-4-16-14-9-8-11(2)10-13(14)7-5-6-12(3)15/h8-10,12H,4-7,15H2,1-3H3. The number of ether oxygens (including phenoxy) is 1. The molecule has 0 amide bonds. The van der Waals surface area contributed by atoms with Gasteiger partial charge in [0.15, 0.2) is 0 Å². The van der Waals surface area contributed by atoms with Crippen molar-refractivity contribution in [1.29, 1.82) is 0 Å². The Morgan fingerprint density at radius 1 is 1.38 bits per heavy atom. The Labute approximate surface area is 98.8 Å². The largest absolute Gasteiger partial charge is 0.494 e. The van der Waals surface area contributed by atoms with Crippen LogP contribution in [-0.4, -0.2) is 12.6 Å². The highest BCUT2D eigenvalue weighted by Crippen LogP contribution is 2.22. The van der Waals surface area contributed by atoms with Crippen molar-refractivity contribution in [1.82, 2.24) is 0 Å². The molecule has 2 N–H and O–H groups in total. The van der Waals surface area contributed by atoms with Crippen LogP contribution in [0.1, 0.15) is 37.8 Å². The number of benzene rings is 1. The number of aryl methyl sites for hydroxylation is 2. The highest BCUT2D eigenvalue weighted by molar-refractivity contribution is 5.37. The molecule has 0 radical (unpaired) electrons. The van der Waals surface area contributed by atoms with Gasteiger partial charge >= 0.3 is 0 Å². The molecule has 2 nitrogen and oxygen atoms in total. The smallest absolute Gasteiger partial charge is 0.122 e. The van der Waals surface area contributed by atoms with Gasteiger partial charge in [-0.05, 0) is 51.7 Å². The average molecular weight is 221 g/mol. The third-order valence-corrected chi connectivity index (χ3v) is 2.62. The molecule has 1 atom stereocenters. The van der Waals surface area contributed by atoms with Crippen LogP contribution in [0.15, 0.2) is 18.2 Å². The molecule has 0 aliphatic carbocycles. The van der Waals surface area contributed by atoms with Crippen molar-refractivity contribution < 1.29 is 4.74 Å². The van der Waals surface area contributed by atoms with Crippen molar-refractivity contribution in [3.63, 3.8) is 0 Å². The Bertz CT molecular complexity index is 321. The van der Waals surface area contributed by atoms with Crippen molar-refractivity contribution in [2.45, 2.75) is 46.1 Å². The maximum absolute atomic E-state index is 5.75. The van der Waals surface area contributed by atoms with Gasteiger partial charge in [0.1, 0.15) is 5.75 Å². The molecular formula is C14H23NO. The molecule has 16 heavy (non-hydrogen) atoms. The van der Waals surface area contributed by atoms with Gasteiger partial charge < -0.3 is 10.5 Å². The minimum Gasteiger partial charge on any atom is -0.494 e. The van der Waals surface area contributed by atoms with Gasteiger partial charge in [0.25, 0.3) is 0 Å². The second-order valence-corrected chi connectivity index (χ2v) is 4.41. The van der Waals surface area contributed by atoms with Gasteiger partial charge in [0, 0.05) is 6.04 Å². The van der Waals surface area contributed by atoms with E-state index >= 15 is 0 Å². The second kappa shape index (κ2) is 6.54. The van der Waals surface area contributed by atoms with E-state index in [1.165, 1.54) is 11.1 Å². The maximum Gasteiger partial charge on any atom is 0.122 e. The van der Waals surface area contributed by atoms with E-state index < -0.39 is 0 Å². The molecule has 90 valence electrons.